The zero-order valence-corrected chi connectivity index (χ0v) is 15.6. The van der Waals surface area contributed by atoms with Crippen LogP contribution in [0.25, 0.3) is 0 Å². The number of rotatable bonds is 7. The van der Waals surface area contributed by atoms with Crippen molar-refractivity contribution in [2.75, 3.05) is 19.6 Å². The summed E-state index contributed by atoms with van der Waals surface area (Å²) in [6.07, 6.45) is 0.595. The van der Waals surface area contributed by atoms with Crippen LogP contribution < -0.4 is 10.6 Å². The molecule has 0 aromatic heterocycles. The summed E-state index contributed by atoms with van der Waals surface area (Å²) >= 11 is 0. The first-order valence-electron chi connectivity index (χ1n) is 9.08. The molecule has 1 aromatic carbocycles. The molecule has 0 unspecified atom stereocenters. The molecule has 26 heavy (non-hydrogen) atoms. The maximum absolute atomic E-state index is 13.4. The predicted molar refractivity (Wildman–Crippen MR) is 97.2 cm³/mol. The highest BCUT2D eigenvalue weighted by atomic mass is 19.1. The van der Waals surface area contributed by atoms with Gasteiger partial charge >= 0.3 is 0 Å². The molecule has 1 fully saturated rings. The van der Waals surface area contributed by atoms with Crippen molar-refractivity contribution >= 4 is 11.8 Å². The van der Waals surface area contributed by atoms with Gasteiger partial charge in [-0.2, -0.15) is 0 Å². The van der Waals surface area contributed by atoms with E-state index in [9.17, 15) is 19.1 Å². The molecule has 1 aliphatic heterocycles. The molecule has 1 aromatic rings. The third-order valence-electron chi connectivity index (χ3n) is 4.40. The maximum Gasteiger partial charge on any atom is 0.237 e. The molecule has 7 heteroatoms. The summed E-state index contributed by atoms with van der Waals surface area (Å²) in [5.41, 5.74) is 0.495. The highest BCUT2D eigenvalue weighted by molar-refractivity contribution is 5.83. The van der Waals surface area contributed by atoms with Gasteiger partial charge in [0.05, 0.1) is 12.5 Å². The molecule has 1 saturated heterocycles. The Labute approximate surface area is 153 Å². The summed E-state index contributed by atoms with van der Waals surface area (Å²) in [7, 11) is 0. The van der Waals surface area contributed by atoms with E-state index in [1.54, 1.807) is 0 Å². The SMILES string of the molecule is CCNC(=O)[C@@H]1C[C@H](NC(=O)Cc2ccc(O)c(F)c2)CN1CC(C)C. The Hall–Kier alpha value is -2.15. The molecule has 0 bridgehead atoms. The second kappa shape index (κ2) is 8.98. The quantitative estimate of drug-likeness (QED) is 0.683. The summed E-state index contributed by atoms with van der Waals surface area (Å²) in [5, 5.41) is 15.0. The predicted octanol–water partition coefficient (Wildman–Crippen LogP) is 1.42. The van der Waals surface area contributed by atoms with Gasteiger partial charge in [-0.15, -0.1) is 0 Å². The summed E-state index contributed by atoms with van der Waals surface area (Å²) in [5.74, 6) is -0.984. The van der Waals surface area contributed by atoms with Crippen LogP contribution in [0.2, 0.25) is 0 Å². The third-order valence-corrected chi connectivity index (χ3v) is 4.40. The minimum atomic E-state index is -0.740. The van der Waals surface area contributed by atoms with Gasteiger partial charge in [0.1, 0.15) is 0 Å². The van der Waals surface area contributed by atoms with Crippen LogP contribution in [0.5, 0.6) is 5.75 Å². The Kier molecular flexibility index (Phi) is 6.97. The molecule has 0 saturated carbocycles. The van der Waals surface area contributed by atoms with Crippen LogP contribution in [-0.2, 0) is 16.0 Å². The fourth-order valence-electron chi connectivity index (χ4n) is 3.37. The Balaban J connectivity index is 1.96. The van der Waals surface area contributed by atoms with Gasteiger partial charge in [-0.05, 0) is 37.0 Å². The van der Waals surface area contributed by atoms with Crippen molar-refractivity contribution in [2.24, 2.45) is 5.92 Å². The lowest BCUT2D eigenvalue weighted by molar-refractivity contribution is -0.125. The number of carbonyl (C=O) groups excluding carboxylic acids is 2. The Bertz CT molecular complexity index is 651. The summed E-state index contributed by atoms with van der Waals surface area (Å²) in [6, 6.07) is 3.56. The summed E-state index contributed by atoms with van der Waals surface area (Å²) in [4.78, 5) is 26.7. The van der Waals surface area contributed by atoms with Gasteiger partial charge < -0.3 is 15.7 Å². The van der Waals surface area contributed by atoms with Gasteiger partial charge in [0, 0.05) is 25.7 Å². The van der Waals surface area contributed by atoms with Gasteiger partial charge in [0.25, 0.3) is 0 Å². The number of aromatic hydroxyl groups is 1. The fourth-order valence-corrected chi connectivity index (χ4v) is 3.37. The maximum atomic E-state index is 13.4. The van der Waals surface area contributed by atoms with Crippen molar-refractivity contribution in [3.63, 3.8) is 0 Å². The second-order valence-corrected chi connectivity index (χ2v) is 7.22. The van der Waals surface area contributed by atoms with Crippen LogP contribution in [0.15, 0.2) is 18.2 Å². The molecule has 0 aliphatic carbocycles. The van der Waals surface area contributed by atoms with Gasteiger partial charge in [0.15, 0.2) is 11.6 Å². The number of amides is 2. The van der Waals surface area contributed by atoms with Crippen molar-refractivity contribution in [1.29, 1.82) is 0 Å². The number of carbonyl (C=O) groups is 2. The molecule has 144 valence electrons. The Morgan fingerprint density at radius 1 is 1.38 bits per heavy atom. The molecule has 0 spiro atoms. The van der Waals surface area contributed by atoms with E-state index in [0.717, 1.165) is 12.6 Å². The van der Waals surface area contributed by atoms with E-state index in [2.05, 4.69) is 29.4 Å². The van der Waals surface area contributed by atoms with E-state index in [0.29, 0.717) is 31.0 Å². The molecule has 2 rings (SSSR count). The van der Waals surface area contributed by atoms with Crippen LogP contribution in [0.1, 0.15) is 32.8 Å². The normalized spacial score (nSPS) is 20.3. The minimum Gasteiger partial charge on any atom is -0.505 e. The molecular formula is C19H28FN3O3. The van der Waals surface area contributed by atoms with Crippen LogP contribution in [0, 0.1) is 11.7 Å². The summed E-state index contributed by atoms with van der Waals surface area (Å²) < 4.78 is 13.4. The van der Waals surface area contributed by atoms with Crippen molar-refractivity contribution in [3.8, 4) is 5.75 Å². The molecule has 3 N–H and O–H groups in total. The standard InChI is InChI=1S/C19H28FN3O3/c1-4-21-19(26)16-9-14(11-23(16)10-12(2)3)22-18(25)8-13-5-6-17(24)15(20)7-13/h5-7,12,14,16,24H,4,8-11H2,1-3H3,(H,21,26)(H,22,25)/t14-,16-/m0/s1. The van der Waals surface area contributed by atoms with Crippen LogP contribution in [-0.4, -0.2) is 53.5 Å². The van der Waals surface area contributed by atoms with Crippen LogP contribution in [0.3, 0.4) is 0 Å². The second-order valence-electron chi connectivity index (χ2n) is 7.22. The monoisotopic (exact) mass is 365 g/mol. The van der Waals surface area contributed by atoms with Crippen molar-refractivity contribution < 1.29 is 19.1 Å². The third kappa shape index (κ3) is 5.42. The fraction of sp³-hybridized carbons (Fsp3) is 0.579. The number of halogens is 1. The molecular weight excluding hydrogens is 337 g/mol. The largest absolute Gasteiger partial charge is 0.505 e. The lowest BCUT2D eigenvalue weighted by Crippen LogP contribution is -2.44. The smallest absolute Gasteiger partial charge is 0.237 e. The van der Waals surface area contributed by atoms with Crippen molar-refractivity contribution in [2.45, 2.75) is 45.7 Å². The van der Waals surface area contributed by atoms with Crippen molar-refractivity contribution in [3.05, 3.63) is 29.6 Å². The Morgan fingerprint density at radius 3 is 2.73 bits per heavy atom. The lowest BCUT2D eigenvalue weighted by Gasteiger charge is -2.24. The highest BCUT2D eigenvalue weighted by Crippen LogP contribution is 2.20. The van der Waals surface area contributed by atoms with Gasteiger partial charge in [-0.3, -0.25) is 14.5 Å². The number of phenolic OH excluding ortho intramolecular Hbond substituents is 1. The van der Waals surface area contributed by atoms with Crippen LogP contribution in [0.4, 0.5) is 4.39 Å². The van der Waals surface area contributed by atoms with E-state index in [1.165, 1.54) is 12.1 Å². The molecule has 2 atom stereocenters. The van der Waals surface area contributed by atoms with Crippen molar-refractivity contribution in [1.82, 2.24) is 15.5 Å². The number of hydrogen-bond donors (Lipinski definition) is 3. The van der Waals surface area contributed by atoms with E-state index >= 15 is 0 Å². The van der Waals surface area contributed by atoms with Gasteiger partial charge in [-0.25, -0.2) is 4.39 Å². The van der Waals surface area contributed by atoms with E-state index in [1.807, 2.05) is 6.92 Å². The molecule has 0 radical (unpaired) electrons. The van der Waals surface area contributed by atoms with Crippen LogP contribution >= 0.6 is 0 Å². The first-order valence-corrected chi connectivity index (χ1v) is 9.08. The summed E-state index contributed by atoms with van der Waals surface area (Å²) in [6.45, 7) is 8.07. The molecule has 1 aliphatic rings. The lowest BCUT2D eigenvalue weighted by atomic mass is 10.1. The van der Waals surface area contributed by atoms with E-state index in [-0.39, 0.29) is 30.3 Å². The number of nitrogens with zero attached hydrogens (tertiary/aromatic N) is 1. The van der Waals surface area contributed by atoms with E-state index < -0.39 is 11.6 Å². The minimum absolute atomic E-state index is 0.00879. The average molecular weight is 365 g/mol. The first kappa shape index (κ1) is 20.2. The highest BCUT2D eigenvalue weighted by Gasteiger charge is 2.37. The molecule has 6 nitrogen and oxygen atoms in total. The topological polar surface area (TPSA) is 81.7 Å². The molecule has 1 heterocycles. The average Bonchev–Trinajstić information content (AvgIpc) is 2.92. The number of hydrogen-bond acceptors (Lipinski definition) is 4. The Morgan fingerprint density at radius 2 is 2.12 bits per heavy atom. The number of phenols is 1. The zero-order chi connectivity index (χ0) is 19.3. The van der Waals surface area contributed by atoms with Gasteiger partial charge in [-0.1, -0.05) is 19.9 Å². The number of likely N-dealkylation sites (N-methyl/N-ethyl adjacent to an activating group) is 1. The number of likely N-dealkylation sites (tertiary alicyclic amines) is 1. The number of nitrogens with one attached hydrogen (secondary N) is 2. The number of benzene rings is 1. The zero-order valence-electron chi connectivity index (χ0n) is 15.6. The first-order chi connectivity index (χ1) is 12.3. The van der Waals surface area contributed by atoms with E-state index in [4.69, 9.17) is 0 Å². The molecule has 2 amide bonds. The van der Waals surface area contributed by atoms with Gasteiger partial charge in [0.2, 0.25) is 11.8 Å².